The third-order valence-corrected chi connectivity index (χ3v) is 8.18. The van der Waals surface area contributed by atoms with Crippen LogP contribution >= 0.6 is 11.5 Å². The number of anilines is 1. The van der Waals surface area contributed by atoms with Crippen LogP contribution in [0.1, 0.15) is 23.1 Å². The Morgan fingerprint density at radius 3 is 2.62 bits per heavy atom. The van der Waals surface area contributed by atoms with Gasteiger partial charge in [0.2, 0.25) is 0 Å². The topological polar surface area (TPSA) is 90.8 Å². The first kappa shape index (κ1) is 25.8. The summed E-state index contributed by atoms with van der Waals surface area (Å²) in [5.74, 6) is -0.943. The van der Waals surface area contributed by atoms with Gasteiger partial charge in [0, 0.05) is 50.0 Å². The number of sulfone groups is 1. The first-order chi connectivity index (χ1) is 16.2. The molecule has 1 aromatic heterocycles. The molecule has 0 spiro atoms. The van der Waals surface area contributed by atoms with Gasteiger partial charge in [-0.2, -0.15) is 0 Å². The molecular weight excluding hydrogens is 477 g/mol. The van der Waals surface area contributed by atoms with Gasteiger partial charge in [0.1, 0.15) is 10.7 Å². The number of likely N-dealkylation sites (tertiary alicyclic amines) is 1. The number of halogens is 1. The van der Waals surface area contributed by atoms with Crippen molar-refractivity contribution in [2.24, 2.45) is 0 Å². The first-order valence-electron chi connectivity index (χ1n) is 10.7. The van der Waals surface area contributed by atoms with Crippen molar-refractivity contribution in [3.63, 3.8) is 0 Å². The van der Waals surface area contributed by atoms with E-state index < -0.39 is 15.7 Å². The number of benzene rings is 2. The van der Waals surface area contributed by atoms with Gasteiger partial charge < -0.3 is 10.0 Å². The minimum Gasteiger partial charge on any atom is -0.483 e. The third kappa shape index (κ3) is 6.40. The lowest BCUT2D eigenvalue weighted by Gasteiger charge is -2.29. The second-order valence-electron chi connectivity index (χ2n) is 8.24. The molecule has 3 aromatic rings. The molecule has 2 aromatic carbocycles. The average Bonchev–Trinajstić information content (AvgIpc) is 3.48. The molecule has 0 saturated carbocycles. The maximum atomic E-state index is 14.9. The lowest BCUT2D eigenvalue weighted by Crippen LogP contribution is -2.35. The van der Waals surface area contributed by atoms with Gasteiger partial charge in [0.25, 0.3) is 6.47 Å². The molecule has 10 heteroatoms. The van der Waals surface area contributed by atoms with Crippen LogP contribution in [0.25, 0.3) is 0 Å². The minimum absolute atomic E-state index is 0.244. The van der Waals surface area contributed by atoms with Gasteiger partial charge in [-0.25, -0.2) is 17.2 Å². The van der Waals surface area contributed by atoms with Gasteiger partial charge in [-0.05, 0) is 53.7 Å². The van der Waals surface area contributed by atoms with Crippen molar-refractivity contribution < 1.29 is 22.7 Å². The second kappa shape index (κ2) is 11.5. The Morgan fingerprint density at radius 2 is 1.97 bits per heavy atom. The highest BCUT2D eigenvalue weighted by Gasteiger charge is 2.28. The van der Waals surface area contributed by atoms with Gasteiger partial charge >= 0.3 is 0 Å². The number of carbonyl (C=O) groups is 1. The quantitative estimate of drug-likeness (QED) is 0.486. The number of aryl methyl sites for hydroxylation is 1. The van der Waals surface area contributed by atoms with Crippen molar-refractivity contribution in [1.29, 1.82) is 0 Å². The lowest BCUT2D eigenvalue weighted by atomic mass is 10.1. The van der Waals surface area contributed by atoms with Crippen molar-refractivity contribution in [3.05, 3.63) is 76.5 Å². The van der Waals surface area contributed by atoms with E-state index in [1.54, 1.807) is 5.38 Å². The second-order valence-corrected chi connectivity index (χ2v) is 10.9. The Labute approximate surface area is 203 Å². The number of aromatic nitrogens is 1. The summed E-state index contributed by atoms with van der Waals surface area (Å²) in [7, 11) is -1.81. The predicted molar refractivity (Wildman–Crippen MR) is 131 cm³/mol. The highest BCUT2D eigenvalue weighted by molar-refractivity contribution is 7.90. The summed E-state index contributed by atoms with van der Waals surface area (Å²) in [4.78, 5) is 12.6. The molecule has 1 fully saturated rings. The molecule has 0 amide bonds. The highest BCUT2D eigenvalue weighted by atomic mass is 32.2. The van der Waals surface area contributed by atoms with E-state index in [9.17, 15) is 12.8 Å². The fourth-order valence-corrected chi connectivity index (χ4v) is 6.28. The number of rotatable bonds is 7. The maximum Gasteiger partial charge on any atom is 0.290 e. The summed E-state index contributed by atoms with van der Waals surface area (Å²) in [5.41, 5.74) is 3.35. The molecule has 1 aliphatic heterocycles. The van der Waals surface area contributed by atoms with Crippen LogP contribution < -0.4 is 4.90 Å². The first-order valence-corrected chi connectivity index (χ1v) is 13.2. The van der Waals surface area contributed by atoms with E-state index in [-0.39, 0.29) is 23.2 Å². The van der Waals surface area contributed by atoms with E-state index in [0.717, 1.165) is 37.3 Å². The summed E-state index contributed by atoms with van der Waals surface area (Å²) < 4.78 is 44.3. The van der Waals surface area contributed by atoms with Crippen LogP contribution in [0.4, 0.5) is 10.1 Å². The molecular formula is C24H28FN3O4S2. The Kier molecular flexibility index (Phi) is 8.76. The minimum atomic E-state index is -3.78. The Balaban J connectivity index is 0.00000103. The number of hydrogen-bond acceptors (Lipinski definition) is 7. The predicted octanol–water partition coefficient (Wildman–Crippen LogP) is 3.98. The van der Waals surface area contributed by atoms with Crippen LogP contribution in [0.2, 0.25) is 0 Å². The standard InChI is InChI=1S/C23H26FN3O2S2.CH2O2/c1-17-10-23(31(28,29)16-19-12-25-30-15-19)21(24)11-22(17)26(2)20-8-9-27(14-20)13-18-6-4-3-5-7-18;2-1-3/h3-7,10-12,15,20H,8-9,13-14,16H2,1-2H3;1H,(H,2,3)/t20-;/m0./s1. The molecule has 0 radical (unpaired) electrons. The largest absolute Gasteiger partial charge is 0.483 e. The van der Waals surface area contributed by atoms with E-state index >= 15 is 0 Å². The van der Waals surface area contributed by atoms with Crippen molar-refractivity contribution >= 4 is 33.5 Å². The van der Waals surface area contributed by atoms with E-state index in [1.807, 2.05) is 32.2 Å². The fraction of sp³-hybridized carbons (Fsp3) is 0.333. The van der Waals surface area contributed by atoms with Crippen LogP contribution in [0.5, 0.6) is 0 Å². The van der Waals surface area contributed by atoms with Crippen molar-refractivity contribution in [3.8, 4) is 0 Å². The van der Waals surface area contributed by atoms with Crippen LogP contribution in [0, 0.1) is 12.7 Å². The summed E-state index contributed by atoms with van der Waals surface area (Å²) in [6.07, 6.45) is 2.49. The summed E-state index contributed by atoms with van der Waals surface area (Å²) in [5, 5.41) is 8.56. The summed E-state index contributed by atoms with van der Waals surface area (Å²) in [6, 6.07) is 13.4. The fourth-order valence-electron chi connectivity index (χ4n) is 4.17. The molecule has 1 saturated heterocycles. The Morgan fingerprint density at radius 1 is 1.26 bits per heavy atom. The molecule has 0 unspecified atom stereocenters. The smallest absolute Gasteiger partial charge is 0.290 e. The van der Waals surface area contributed by atoms with Gasteiger partial charge in [-0.1, -0.05) is 30.3 Å². The molecule has 182 valence electrons. The number of likely N-dealkylation sites (N-methyl/N-ethyl adjacent to an activating group) is 1. The molecule has 1 N–H and O–H groups in total. The van der Waals surface area contributed by atoms with Crippen LogP contribution in [0.3, 0.4) is 0 Å². The van der Waals surface area contributed by atoms with Crippen molar-refractivity contribution in [2.75, 3.05) is 25.0 Å². The Bertz CT molecular complexity index is 1190. The van der Waals surface area contributed by atoms with Crippen molar-refractivity contribution in [1.82, 2.24) is 9.27 Å². The average molecular weight is 506 g/mol. The van der Waals surface area contributed by atoms with Crippen molar-refractivity contribution in [2.45, 2.75) is 36.6 Å². The number of nitrogens with zero attached hydrogens (tertiary/aromatic N) is 3. The molecule has 4 rings (SSSR count). The SMILES string of the molecule is Cc1cc(S(=O)(=O)Cc2cnsc2)c(F)cc1N(C)[C@H]1CCN(Cc2ccccc2)C1.O=CO. The molecule has 1 aliphatic rings. The summed E-state index contributed by atoms with van der Waals surface area (Å²) >= 11 is 1.18. The molecule has 1 atom stereocenters. The van der Waals surface area contributed by atoms with Crippen LogP contribution in [-0.2, 0) is 26.9 Å². The molecule has 0 aliphatic carbocycles. The molecule has 2 heterocycles. The molecule has 7 nitrogen and oxygen atoms in total. The van der Waals surface area contributed by atoms with E-state index in [2.05, 4.69) is 26.3 Å². The normalized spacial score (nSPS) is 16.0. The number of carboxylic acid groups (broad SMARTS) is 1. The third-order valence-electron chi connectivity index (χ3n) is 5.85. The summed E-state index contributed by atoms with van der Waals surface area (Å²) in [6.45, 7) is 4.35. The van der Waals surface area contributed by atoms with Gasteiger partial charge in [-0.3, -0.25) is 9.69 Å². The zero-order chi connectivity index (χ0) is 24.7. The van der Waals surface area contributed by atoms with Crippen LogP contribution in [-0.4, -0.2) is 55.4 Å². The van der Waals surface area contributed by atoms with E-state index in [0.29, 0.717) is 5.56 Å². The van der Waals surface area contributed by atoms with E-state index in [4.69, 9.17) is 9.90 Å². The monoisotopic (exact) mass is 505 g/mol. The lowest BCUT2D eigenvalue weighted by molar-refractivity contribution is -0.122. The zero-order valence-electron chi connectivity index (χ0n) is 19.1. The van der Waals surface area contributed by atoms with Gasteiger partial charge in [0.15, 0.2) is 9.84 Å². The van der Waals surface area contributed by atoms with E-state index in [1.165, 1.54) is 35.4 Å². The zero-order valence-corrected chi connectivity index (χ0v) is 20.7. The van der Waals surface area contributed by atoms with Gasteiger partial charge in [-0.15, -0.1) is 0 Å². The molecule has 34 heavy (non-hydrogen) atoms. The molecule has 0 bridgehead atoms. The maximum absolute atomic E-state index is 14.9. The number of hydrogen-bond donors (Lipinski definition) is 1. The van der Waals surface area contributed by atoms with Gasteiger partial charge in [0.05, 0.1) is 5.75 Å². The van der Waals surface area contributed by atoms with Crippen LogP contribution in [0.15, 0.2) is 58.9 Å². The Hall–Kier alpha value is -2.82. The highest BCUT2D eigenvalue weighted by Crippen LogP contribution is 2.31.